The Kier molecular flexibility index (Phi) is 4.04. The number of ether oxygens (including phenoxy) is 1. The van der Waals surface area contributed by atoms with Crippen LogP contribution < -0.4 is 10.9 Å². The standard InChI is InChI=1S/C12H14ClN3O2/c1-18-12(17)10-6-7-11(14-10)16-15-9-4-2-8(13)3-5-9/h2-5,10,15H,6-7H2,1H3,(H,14,16). The summed E-state index contributed by atoms with van der Waals surface area (Å²) in [5.41, 5.74) is 6.85. The van der Waals surface area contributed by atoms with E-state index in [9.17, 15) is 4.79 Å². The van der Waals surface area contributed by atoms with Crippen LogP contribution >= 0.6 is 11.6 Å². The molecule has 0 saturated carbocycles. The number of nitrogens with zero attached hydrogens (tertiary/aromatic N) is 1. The van der Waals surface area contributed by atoms with Crippen LogP contribution in [0.3, 0.4) is 0 Å². The Morgan fingerprint density at radius 2 is 2.11 bits per heavy atom. The number of hydrazine groups is 1. The summed E-state index contributed by atoms with van der Waals surface area (Å²) in [6.45, 7) is 0. The van der Waals surface area contributed by atoms with Crippen molar-refractivity contribution >= 4 is 29.1 Å². The van der Waals surface area contributed by atoms with Crippen molar-refractivity contribution in [1.29, 1.82) is 0 Å². The highest BCUT2D eigenvalue weighted by Gasteiger charge is 2.24. The number of hydrogen-bond donors (Lipinski definition) is 2. The topological polar surface area (TPSA) is 62.7 Å². The molecule has 0 aromatic heterocycles. The molecule has 6 heteroatoms. The smallest absolute Gasteiger partial charge is 0.330 e. The number of benzene rings is 1. The van der Waals surface area contributed by atoms with Gasteiger partial charge in [-0.05, 0) is 30.7 Å². The molecule has 96 valence electrons. The fourth-order valence-corrected chi connectivity index (χ4v) is 1.80. The van der Waals surface area contributed by atoms with E-state index in [2.05, 4.69) is 20.6 Å². The molecule has 18 heavy (non-hydrogen) atoms. The summed E-state index contributed by atoms with van der Waals surface area (Å²) >= 11 is 5.79. The van der Waals surface area contributed by atoms with Crippen LogP contribution in [0, 0.1) is 0 Å². The van der Waals surface area contributed by atoms with Crippen molar-refractivity contribution in [3.05, 3.63) is 29.3 Å². The molecule has 5 nitrogen and oxygen atoms in total. The van der Waals surface area contributed by atoms with Gasteiger partial charge in [0, 0.05) is 11.4 Å². The second-order valence-electron chi connectivity index (χ2n) is 3.91. The first-order valence-corrected chi connectivity index (χ1v) is 5.99. The van der Waals surface area contributed by atoms with Gasteiger partial charge in [0.25, 0.3) is 0 Å². The molecule has 2 rings (SSSR count). The first-order valence-electron chi connectivity index (χ1n) is 5.61. The molecule has 1 aliphatic rings. The van der Waals surface area contributed by atoms with E-state index in [1.54, 1.807) is 12.1 Å². The molecule has 1 aliphatic heterocycles. The second-order valence-corrected chi connectivity index (χ2v) is 4.35. The fourth-order valence-electron chi connectivity index (χ4n) is 1.67. The number of carbonyl (C=O) groups excluding carboxylic acids is 1. The fraction of sp³-hybridized carbons (Fsp3) is 0.333. The molecule has 1 atom stereocenters. The molecular weight excluding hydrogens is 254 g/mol. The number of rotatable bonds is 3. The number of anilines is 1. The third kappa shape index (κ3) is 3.13. The summed E-state index contributed by atoms with van der Waals surface area (Å²) in [5.74, 6) is 0.457. The van der Waals surface area contributed by atoms with E-state index >= 15 is 0 Å². The van der Waals surface area contributed by atoms with Crippen LogP contribution in [0.4, 0.5) is 5.69 Å². The third-order valence-corrected chi connectivity index (χ3v) is 2.89. The molecule has 0 aliphatic carbocycles. The summed E-state index contributed by atoms with van der Waals surface area (Å²) in [4.78, 5) is 15.5. The number of methoxy groups -OCH3 is 1. The lowest BCUT2D eigenvalue weighted by Crippen LogP contribution is -2.27. The largest absolute Gasteiger partial charge is 0.467 e. The highest BCUT2D eigenvalue weighted by molar-refractivity contribution is 6.30. The van der Waals surface area contributed by atoms with Gasteiger partial charge >= 0.3 is 5.97 Å². The molecule has 0 bridgehead atoms. The Morgan fingerprint density at radius 1 is 1.39 bits per heavy atom. The summed E-state index contributed by atoms with van der Waals surface area (Å²) < 4.78 is 4.65. The summed E-state index contributed by atoms with van der Waals surface area (Å²) in [6, 6.07) is 6.90. The minimum Gasteiger partial charge on any atom is -0.467 e. The number of nitrogens with one attached hydrogen (secondary N) is 2. The van der Waals surface area contributed by atoms with Gasteiger partial charge in [-0.15, -0.1) is 0 Å². The summed E-state index contributed by atoms with van der Waals surface area (Å²) in [6.07, 6.45) is 1.40. The lowest BCUT2D eigenvalue weighted by Gasteiger charge is -2.08. The first kappa shape index (κ1) is 12.7. The maximum atomic E-state index is 11.3. The zero-order valence-corrected chi connectivity index (χ0v) is 10.7. The number of halogens is 1. The number of aliphatic imine (C=N–C) groups is 1. The van der Waals surface area contributed by atoms with Crippen LogP contribution in [-0.4, -0.2) is 25.0 Å². The Labute approximate surface area is 110 Å². The number of carbonyl (C=O) groups is 1. The predicted octanol–water partition coefficient (Wildman–Crippen LogP) is 1.99. The Morgan fingerprint density at radius 3 is 2.78 bits per heavy atom. The zero-order chi connectivity index (χ0) is 13.0. The lowest BCUT2D eigenvalue weighted by molar-refractivity contribution is -0.141. The average Bonchev–Trinajstić information content (AvgIpc) is 2.86. The van der Waals surface area contributed by atoms with E-state index in [1.165, 1.54) is 7.11 Å². The van der Waals surface area contributed by atoms with Gasteiger partial charge in [-0.25, -0.2) is 4.79 Å². The molecule has 1 unspecified atom stereocenters. The van der Waals surface area contributed by atoms with Crippen LogP contribution in [0.2, 0.25) is 5.02 Å². The van der Waals surface area contributed by atoms with Gasteiger partial charge in [0.1, 0.15) is 11.9 Å². The van der Waals surface area contributed by atoms with Crippen molar-refractivity contribution in [2.45, 2.75) is 18.9 Å². The van der Waals surface area contributed by atoms with Crippen molar-refractivity contribution in [3.8, 4) is 0 Å². The van der Waals surface area contributed by atoms with Gasteiger partial charge in [-0.1, -0.05) is 11.6 Å². The molecule has 0 amide bonds. The maximum Gasteiger partial charge on any atom is 0.330 e. The van der Waals surface area contributed by atoms with E-state index in [0.29, 0.717) is 11.4 Å². The van der Waals surface area contributed by atoms with E-state index in [4.69, 9.17) is 11.6 Å². The quantitative estimate of drug-likeness (QED) is 0.649. The van der Waals surface area contributed by atoms with Crippen LogP contribution in [0.25, 0.3) is 0 Å². The van der Waals surface area contributed by atoms with Crippen molar-refractivity contribution < 1.29 is 9.53 Å². The minimum atomic E-state index is -0.385. The molecule has 0 saturated heterocycles. The molecule has 1 aromatic rings. The van der Waals surface area contributed by atoms with Crippen molar-refractivity contribution in [2.75, 3.05) is 12.5 Å². The Bertz CT molecular complexity index is 459. The summed E-state index contributed by atoms with van der Waals surface area (Å²) in [7, 11) is 1.37. The molecule has 0 spiro atoms. The molecular formula is C12H14ClN3O2. The van der Waals surface area contributed by atoms with Crippen molar-refractivity contribution in [2.24, 2.45) is 4.99 Å². The molecule has 0 radical (unpaired) electrons. The average molecular weight is 268 g/mol. The van der Waals surface area contributed by atoms with Crippen LogP contribution in [0.15, 0.2) is 29.3 Å². The number of amidine groups is 1. The molecule has 1 aromatic carbocycles. The Balaban J connectivity index is 1.88. The van der Waals surface area contributed by atoms with Gasteiger partial charge in [0.05, 0.1) is 12.8 Å². The summed E-state index contributed by atoms with van der Waals surface area (Å²) in [5, 5.41) is 0.685. The highest BCUT2D eigenvalue weighted by atomic mass is 35.5. The molecule has 1 heterocycles. The molecule has 2 N–H and O–H groups in total. The highest BCUT2D eigenvalue weighted by Crippen LogP contribution is 2.15. The van der Waals surface area contributed by atoms with Gasteiger partial charge in [0.15, 0.2) is 0 Å². The SMILES string of the molecule is COC(=O)C1CCC(NNc2ccc(Cl)cc2)=N1. The van der Waals surface area contributed by atoms with Gasteiger partial charge in [-0.3, -0.25) is 15.8 Å². The van der Waals surface area contributed by atoms with E-state index < -0.39 is 0 Å². The van der Waals surface area contributed by atoms with Crippen LogP contribution in [0.1, 0.15) is 12.8 Å². The zero-order valence-electron chi connectivity index (χ0n) is 9.94. The van der Waals surface area contributed by atoms with E-state index in [1.807, 2.05) is 12.1 Å². The minimum absolute atomic E-state index is 0.293. The van der Waals surface area contributed by atoms with Gasteiger partial charge in [-0.2, -0.15) is 0 Å². The number of esters is 1. The van der Waals surface area contributed by atoms with Crippen LogP contribution in [0.5, 0.6) is 0 Å². The third-order valence-electron chi connectivity index (χ3n) is 2.63. The van der Waals surface area contributed by atoms with Crippen LogP contribution in [-0.2, 0) is 9.53 Å². The number of hydrogen-bond acceptors (Lipinski definition) is 5. The Hall–Kier alpha value is -1.75. The van der Waals surface area contributed by atoms with Gasteiger partial charge < -0.3 is 4.74 Å². The van der Waals surface area contributed by atoms with Crippen molar-refractivity contribution in [3.63, 3.8) is 0 Å². The maximum absolute atomic E-state index is 11.3. The normalized spacial score (nSPS) is 18.1. The first-order chi connectivity index (χ1) is 8.69. The van der Waals surface area contributed by atoms with Gasteiger partial charge in [0.2, 0.25) is 0 Å². The molecule has 0 fully saturated rings. The lowest BCUT2D eigenvalue weighted by atomic mass is 10.2. The second kappa shape index (κ2) is 5.73. The van der Waals surface area contributed by atoms with Crippen molar-refractivity contribution in [1.82, 2.24) is 5.43 Å². The van der Waals surface area contributed by atoms with E-state index in [-0.39, 0.29) is 12.0 Å². The van der Waals surface area contributed by atoms with E-state index in [0.717, 1.165) is 17.9 Å². The predicted molar refractivity (Wildman–Crippen MR) is 70.7 cm³/mol. The monoisotopic (exact) mass is 267 g/mol.